The summed E-state index contributed by atoms with van der Waals surface area (Å²) in [6, 6.07) is 21.2. The van der Waals surface area contributed by atoms with E-state index in [4.69, 9.17) is 15.0 Å². The average molecular weight is 460 g/mol. The fraction of sp³-hybridized carbons (Fsp3) is 0.160. The molecule has 3 heterocycles. The molecule has 3 nitrogen and oxygen atoms in total. The van der Waals surface area contributed by atoms with Gasteiger partial charge in [0.05, 0.1) is 10.2 Å². The third-order valence-electron chi connectivity index (χ3n) is 5.01. The Balaban J connectivity index is 1.61. The van der Waals surface area contributed by atoms with Crippen molar-refractivity contribution in [2.45, 2.75) is 41.6 Å². The molecule has 0 aliphatic carbocycles. The molecular weight excluding hydrogens is 438 g/mol. The summed E-state index contributed by atoms with van der Waals surface area (Å²) in [7, 11) is 0. The van der Waals surface area contributed by atoms with Gasteiger partial charge in [-0.2, -0.15) is 0 Å². The number of fused-ring (bicyclic) bond motifs is 3. The molecule has 0 amide bonds. The van der Waals surface area contributed by atoms with Crippen LogP contribution >= 0.6 is 34.9 Å². The highest BCUT2D eigenvalue weighted by atomic mass is 32.2. The lowest BCUT2D eigenvalue weighted by Crippen LogP contribution is -1.92. The molecule has 0 aliphatic heterocycles. The number of hydrogen-bond donors (Lipinski definition) is 0. The number of pyridine rings is 1. The van der Waals surface area contributed by atoms with Gasteiger partial charge in [0.25, 0.3) is 0 Å². The molecule has 0 unspecified atom stereocenters. The van der Waals surface area contributed by atoms with Crippen molar-refractivity contribution in [2.75, 3.05) is 0 Å². The van der Waals surface area contributed by atoms with Crippen LogP contribution in [-0.2, 0) is 5.75 Å². The molecule has 0 aliphatic rings. The van der Waals surface area contributed by atoms with E-state index in [9.17, 15) is 0 Å². The van der Waals surface area contributed by atoms with E-state index >= 15 is 0 Å². The highest BCUT2D eigenvalue weighted by Crippen LogP contribution is 2.41. The van der Waals surface area contributed by atoms with Gasteiger partial charge in [0, 0.05) is 21.7 Å². The number of benzene rings is 2. The fourth-order valence-corrected chi connectivity index (χ4v) is 6.56. The Kier molecular flexibility index (Phi) is 5.69. The quantitative estimate of drug-likeness (QED) is 0.154. The van der Waals surface area contributed by atoms with Crippen LogP contribution in [0.15, 0.2) is 75.7 Å². The minimum absolute atomic E-state index is 0.811. The molecule has 0 radical (unpaired) electrons. The van der Waals surface area contributed by atoms with Crippen LogP contribution in [0.3, 0.4) is 0 Å². The van der Waals surface area contributed by atoms with Crippen LogP contribution < -0.4 is 0 Å². The van der Waals surface area contributed by atoms with Gasteiger partial charge < -0.3 is 0 Å². The van der Waals surface area contributed by atoms with Gasteiger partial charge in [0.2, 0.25) is 0 Å². The zero-order valence-electron chi connectivity index (χ0n) is 17.5. The third-order valence-corrected chi connectivity index (χ3v) is 8.13. The zero-order valence-corrected chi connectivity index (χ0v) is 20.0. The van der Waals surface area contributed by atoms with Gasteiger partial charge in [-0.25, -0.2) is 15.0 Å². The van der Waals surface area contributed by atoms with E-state index in [1.165, 1.54) is 21.6 Å². The number of rotatable bonds is 5. The maximum atomic E-state index is 5.00. The van der Waals surface area contributed by atoms with E-state index in [-0.39, 0.29) is 0 Å². The summed E-state index contributed by atoms with van der Waals surface area (Å²) in [6.45, 7) is 6.31. The number of thiophene rings is 1. The SMILES string of the molecule is Cc1ccc(CSc2nc(Sc3ccccc3)c3sc4nc(C)cc(C)c4c3n2)cc1. The third kappa shape index (κ3) is 4.33. The van der Waals surface area contributed by atoms with Gasteiger partial charge in [-0.1, -0.05) is 71.6 Å². The Morgan fingerprint density at radius 2 is 1.65 bits per heavy atom. The van der Waals surface area contributed by atoms with Gasteiger partial charge in [-0.3, -0.25) is 0 Å². The van der Waals surface area contributed by atoms with Crippen LogP contribution in [0, 0.1) is 20.8 Å². The molecule has 6 heteroatoms. The summed E-state index contributed by atoms with van der Waals surface area (Å²) >= 11 is 5.08. The minimum Gasteiger partial charge on any atom is -0.242 e. The Labute approximate surface area is 194 Å². The minimum atomic E-state index is 0.811. The number of aryl methyl sites for hydroxylation is 3. The van der Waals surface area contributed by atoms with Gasteiger partial charge in [0.15, 0.2) is 5.16 Å². The average Bonchev–Trinajstić information content (AvgIpc) is 3.13. The summed E-state index contributed by atoms with van der Waals surface area (Å²) < 4.78 is 1.12. The van der Waals surface area contributed by atoms with Crippen molar-refractivity contribution in [2.24, 2.45) is 0 Å². The fourth-order valence-electron chi connectivity index (χ4n) is 3.50. The predicted molar refractivity (Wildman–Crippen MR) is 133 cm³/mol. The van der Waals surface area contributed by atoms with Crippen LogP contribution in [-0.4, -0.2) is 15.0 Å². The monoisotopic (exact) mass is 459 g/mol. The lowest BCUT2D eigenvalue weighted by atomic mass is 10.1. The first-order valence-corrected chi connectivity index (χ1v) is 12.7. The van der Waals surface area contributed by atoms with Crippen LogP contribution in [0.4, 0.5) is 0 Å². The van der Waals surface area contributed by atoms with E-state index in [1.54, 1.807) is 34.9 Å². The number of thioether (sulfide) groups is 1. The van der Waals surface area contributed by atoms with E-state index in [0.29, 0.717) is 0 Å². The first kappa shape index (κ1) is 20.5. The van der Waals surface area contributed by atoms with Gasteiger partial charge in [0.1, 0.15) is 9.86 Å². The molecule has 0 N–H and O–H groups in total. The van der Waals surface area contributed by atoms with E-state index in [1.807, 2.05) is 13.0 Å². The van der Waals surface area contributed by atoms with E-state index < -0.39 is 0 Å². The molecule has 0 saturated carbocycles. The lowest BCUT2D eigenvalue weighted by Gasteiger charge is -2.07. The lowest BCUT2D eigenvalue weighted by molar-refractivity contribution is 0.936. The summed E-state index contributed by atoms with van der Waals surface area (Å²) in [5.41, 5.74) is 5.83. The topological polar surface area (TPSA) is 38.7 Å². The molecule has 0 atom stereocenters. The van der Waals surface area contributed by atoms with Gasteiger partial charge >= 0.3 is 0 Å². The first-order chi connectivity index (χ1) is 15.1. The van der Waals surface area contributed by atoms with Crippen LogP contribution in [0.1, 0.15) is 22.4 Å². The molecule has 0 fully saturated rings. The second kappa shape index (κ2) is 8.61. The van der Waals surface area contributed by atoms with Gasteiger partial charge in [-0.15, -0.1) is 11.3 Å². The van der Waals surface area contributed by atoms with Crippen molar-refractivity contribution in [1.29, 1.82) is 0 Å². The van der Waals surface area contributed by atoms with Crippen LogP contribution in [0.5, 0.6) is 0 Å². The molecule has 0 saturated heterocycles. The Hall–Kier alpha value is -2.41. The Morgan fingerprint density at radius 3 is 2.42 bits per heavy atom. The van der Waals surface area contributed by atoms with Crippen molar-refractivity contribution in [3.05, 3.63) is 83.0 Å². The molecule has 5 rings (SSSR count). The number of hydrogen-bond acceptors (Lipinski definition) is 6. The first-order valence-electron chi connectivity index (χ1n) is 10.1. The zero-order chi connectivity index (χ0) is 21.4. The number of nitrogens with zero attached hydrogens (tertiary/aromatic N) is 3. The second-order valence-electron chi connectivity index (χ2n) is 7.54. The summed E-state index contributed by atoms with van der Waals surface area (Å²) in [4.78, 5) is 17.0. The smallest absolute Gasteiger partial charge is 0.189 e. The maximum Gasteiger partial charge on any atom is 0.189 e. The molecule has 31 heavy (non-hydrogen) atoms. The highest BCUT2D eigenvalue weighted by Gasteiger charge is 2.18. The van der Waals surface area contributed by atoms with E-state index in [0.717, 1.165) is 42.1 Å². The predicted octanol–water partition coefficient (Wildman–Crippen LogP) is 7.61. The maximum absolute atomic E-state index is 5.00. The van der Waals surface area contributed by atoms with Crippen molar-refractivity contribution in [3.63, 3.8) is 0 Å². The normalized spacial score (nSPS) is 11.5. The summed E-state index contributed by atoms with van der Waals surface area (Å²) in [6.07, 6.45) is 0. The Morgan fingerprint density at radius 1 is 0.871 bits per heavy atom. The molecule has 2 aromatic carbocycles. The molecule has 0 spiro atoms. The Bertz CT molecular complexity index is 1380. The standard InChI is InChI=1S/C25H21N3S3/c1-15-9-11-18(12-10-15)14-29-25-27-21-20-16(2)13-17(3)26-23(20)31-22(21)24(28-25)30-19-7-5-4-6-8-19/h4-13H,14H2,1-3H3. The molecule has 3 aromatic heterocycles. The summed E-state index contributed by atoms with van der Waals surface area (Å²) in [5, 5.41) is 2.97. The van der Waals surface area contributed by atoms with Gasteiger partial charge in [-0.05, 0) is 50.1 Å². The largest absolute Gasteiger partial charge is 0.242 e. The molecule has 154 valence electrons. The highest BCUT2D eigenvalue weighted by molar-refractivity contribution is 8.00. The van der Waals surface area contributed by atoms with E-state index in [2.05, 4.69) is 68.4 Å². The molecular formula is C25H21N3S3. The van der Waals surface area contributed by atoms with Crippen molar-refractivity contribution >= 4 is 55.3 Å². The molecule has 0 bridgehead atoms. The van der Waals surface area contributed by atoms with Crippen LogP contribution in [0.25, 0.3) is 20.4 Å². The van der Waals surface area contributed by atoms with Crippen molar-refractivity contribution in [1.82, 2.24) is 15.0 Å². The second-order valence-corrected chi connectivity index (χ2v) is 10.5. The van der Waals surface area contributed by atoms with Crippen molar-refractivity contribution in [3.8, 4) is 0 Å². The summed E-state index contributed by atoms with van der Waals surface area (Å²) in [5.74, 6) is 0.847. The molecule has 5 aromatic rings. The van der Waals surface area contributed by atoms with Crippen LogP contribution in [0.2, 0.25) is 0 Å². The van der Waals surface area contributed by atoms with Crippen molar-refractivity contribution < 1.29 is 0 Å². The number of aromatic nitrogens is 3.